The van der Waals surface area contributed by atoms with Crippen molar-refractivity contribution >= 4 is 59.8 Å². The molecule has 32 heavy (non-hydrogen) atoms. The monoisotopic (exact) mass is 581 g/mol. The first-order valence-electron chi connectivity index (χ1n) is 8.74. The Hall–Kier alpha value is -3.09. The molecular weight excluding hydrogens is 570 g/mol. The summed E-state index contributed by atoms with van der Waals surface area (Å²) in [6.45, 7) is 0. The van der Waals surface area contributed by atoms with Gasteiger partial charge in [-0.1, -0.05) is 12.1 Å². The van der Waals surface area contributed by atoms with E-state index in [1.165, 1.54) is 12.3 Å². The minimum absolute atomic E-state index is 0.0118. The van der Waals surface area contributed by atoms with Crippen LogP contribution in [0.5, 0.6) is 5.75 Å². The maximum Gasteiger partial charge on any atom is 0.339 e. The van der Waals surface area contributed by atoms with E-state index in [-0.39, 0.29) is 16.3 Å². The molecule has 0 aromatic heterocycles. The molecular formula is C20H13Br2N3O6S. The second-order valence-corrected chi connectivity index (χ2v) is 9.41. The zero-order valence-electron chi connectivity index (χ0n) is 15.9. The number of nitro benzene ring substituents is 1. The lowest BCUT2D eigenvalue weighted by molar-refractivity contribution is -0.384. The zero-order valence-corrected chi connectivity index (χ0v) is 19.9. The van der Waals surface area contributed by atoms with E-state index >= 15 is 0 Å². The van der Waals surface area contributed by atoms with E-state index in [0.29, 0.717) is 20.1 Å². The third-order valence-corrected chi connectivity index (χ3v) is 6.55. The van der Waals surface area contributed by atoms with Crippen molar-refractivity contribution in [3.63, 3.8) is 0 Å². The van der Waals surface area contributed by atoms with Gasteiger partial charge in [0.25, 0.3) is 11.6 Å². The molecule has 0 unspecified atom stereocenters. The molecule has 0 bridgehead atoms. The molecule has 3 aromatic rings. The number of rotatable bonds is 7. The van der Waals surface area contributed by atoms with Gasteiger partial charge < -0.3 is 4.18 Å². The molecule has 0 saturated heterocycles. The van der Waals surface area contributed by atoms with Crippen molar-refractivity contribution in [3.8, 4) is 5.75 Å². The van der Waals surface area contributed by atoms with Crippen molar-refractivity contribution in [1.82, 2.24) is 5.43 Å². The van der Waals surface area contributed by atoms with Gasteiger partial charge in [-0.05, 0) is 79.9 Å². The standard InChI is InChI=1S/C20H13Br2N3O6S/c21-17-4-2-1-3-16(17)20(26)24-23-12-13-5-10-19(18(22)11-13)31-32(29,30)15-8-6-14(7-9-15)25(27)28/h1-12H,(H,24,26)/b23-12-. The average molecular weight is 583 g/mol. The Bertz CT molecular complexity index is 1310. The Morgan fingerprint density at radius 1 is 1.03 bits per heavy atom. The first kappa shape index (κ1) is 23.6. The van der Waals surface area contributed by atoms with E-state index in [1.54, 1.807) is 36.4 Å². The number of hydrazone groups is 1. The van der Waals surface area contributed by atoms with Crippen molar-refractivity contribution in [2.45, 2.75) is 4.90 Å². The molecule has 1 amide bonds. The number of amides is 1. The summed E-state index contributed by atoms with van der Waals surface area (Å²) in [5.74, 6) is -0.389. The molecule has 0 saturated carbocycles. The van der Waals surface area contributed by atoms with E-state index in [4.69, 9.17) is 4.18 Å². The van der Waals surface area contributed by atoms with E-state index < -0.39 is 20.9 Å². The Morgan fingerprint density at radius 3 is 2.34 bits per heavy atom. The molecule has 0 spiro atoms. The van der Waals surface area contributed by atoms with Crippen LogP contribution in [0.4, 0.5) is 5.69 Å². The molecule has 0 aliphatic rings. The number of nitro groups is 1. The molecule has 0 atom stereocenters. The zero-order chi connectivity index (χ0) is 23.3. The lowest BCUT2D eigenvalue weighted by Crippen LogP contribution is -2.18. The van der Waals surface area contributed by atoms with Crippen molar-refractivity contribution in [2.24, 2.45) is 5.10 Å². The van der Waals surface area contributed by atoms with Crippen LogP contribution in [0, 0.1) is 10.1 Å². The number of nitrogens with zero attached hydrogens (tertiary/aromatic N) is 2. The van der Waals surface area contributed by atoms with Crippen molar-refractivity contribution in [2.75, 3.05) is 0 Å². The molecule has 0 aliphatic carbocycles. The van der Waals surface area contributed by atoms with E-state index in [1.807, 2.05) is 0 Å². The second kappa shape index (κ2) is 10.0. The highest BCUT2D eigenvalue weighted by Crippen LogP contribution is 2.29. The summed E-state index contributed by atoms with van der Waals surface area (Å²) >= 11 is 6.53. The van der Waals surface area contributed by atoms with Gasteiger partial charge in [-0.3, -0.25) is 14.9 Å². The Balaban J connectivity index is 1.69. The summed E-state index contributed by atoms with van der Waals surface area (Å²) in [5, 5.41) is 14.6. The molecule has 12 heteroatoms. The summed E-state index contributed by atoms with van der Waals surface area (Å²) < 4.78 is 31.0. The Morgan fingerprint density at radius 2 is 1.72 bits per heavy atom. The van der Waals surface area contributed by atoms with Gasteiger partial charge in [0.2, 0.25) is 0 Å². The normalized spacial score (nSPS) is 11.3. The second-order valence-electron chi connectivity index (χ2n) is 6.16. The van der Waals surface area contributed by atoms with Crippen LogP contribution in [-0.4, -0.2) is 25.5 Å². The highest BCUT2D eigenvalue weighted by molar-refractivity contribution is 9.10. The minimum Gasteiger partial charge on any atom is -0.378 e. The topological polar surface area (TPSA) is 128 Å². The van der Waals surface area contributed by atoms with Gasteiger partial charge in [-0.15, -0.1) is 0 Å². The number of hydrogen-bond acceptors (Lipinski definition) is 7. The van der Waals surface area contributed by atoms with Gasteiger partial charge in [0.15, 0.2) is 5.75 Å². The first-order valence-corrected chi connectivity index (χ1v) is 11.7. The molecule has 0 fully saturated rings. The lowest BCUT2D eigenvalue weighted by atomic mass is 10.2. The van der Waals surface area contributed by atoms with Crippen LogP contribution < -0.4 is 9.61 Å². The highest BCUT2D eigenvalue weighted by Gasteiger charge is 2.19. The van der Waals surface area contributed by atoms with Gasteiger partial charge >= 0.3 is 10.1 Å². The van der Waals surface area contributed by atoms with Crippen LogP contribution in [-0.2, 0) is 10.1 Å². The summed E-state index contributed by atoms with van der Waals surface area (Å²) in [5.41, 5.74) is 3.15. The number of non-ortho nitro benzene ring substituents is 1. The number of hydrogen-bond donors (Lipinski definition) is 1. The average Bonchev–Trinajstić information content (AvgIpc) is 2.76. The van der Waals surface area contributed by atoms with E-state index in [0.717, 1.165) is 24.3 Å². The van der Waals surface area contributed by atoms with E-state index in [9.17, 15) is 23.3 Å². The quantitative estimate of drug-likeness (QED) is 0.187. The molecule has 164 valence electrons. The Kier molecular flexibility index (Phi) is 7.38. The van der Waals surface area contributed by atoms with Crippen LogP contribution in [0.1, 0.15) is 15.9 Å². The number of nitrogens with one attached hydrogen (secondary N) is 1. The molecule has 1 N–H and O–H groups in total. The number of halogens is 2. The fourth-order valence-electron chi connectivity index (χ4n) is 2.44. The molecule has 3 aromatic carbocycles. The Labute approximate surface area is 199 Å². The summed E-state index contributed by atoms with van der Waals surface area (Å²) in [4.78, 5) is 22.0. The van der Waals surface area contributed by atoms with Crippen molar-refractivity contribution in [1.29, 1.82) is 0 Å². The fourth-order valence-corrected chi connectivity index (χ4v) is 4.43. The van der Waals surface area contributed by atoms with E-state index in [2.05, 4.69) is 42.4 Å². The van der Waals surface area contributed by atoms with Crippen LogP contribution >= 0.6 is 31.9 Å². The maximum atomic E-state index is 12.4. The van der Waals surface area contributed by atoms with Crippen LogP contribution in [0.15, 0.2) is 85.7 Å². The number of benzene rings is 3. The molecule has 0 radical (unpaired) electrons. The van der Waals surface area contributed by atoms with Crippen LogP contribution in [0.3, 0.4) is 0 Å². The number of carbonyl (C=O) groups is 1. The third kappa shape index (κ3) is 5.78. The smallest absolute Gasteiger partial charge is 0.339 e. The largest absolute Gasteiger partial charge is 0.378 e. The first-order chi connectivity index (χ1) is 15.2. The fraction of sp³-hybridized carbons (Fsp3) is 0. The molecule has 0 heterocycles. The molecule has 0 aliphatic heterocycles. The molecule has 3 rings (SSSR count). The van der Waals surface area contributed by atoms with Gasteiger partial charge in [0.05, 0.1) is 21.2 Å². The highest BCUT2D eigenvalue weighted by atomic mass is 79.9. The van der Waals surface area contributed by atoms with Gasteiger partial charge in [0, 0.05) is 16.6 Å². The molecule has 9 nitrogen and oxygen atoms in total. The van der Waals surface area contributed by atoms with Gasteiger partial charge in [-0.25, -0.2) is 5.43 Å². The summed E-state index contributed by atoms with van der Waals surface area (Å²) in [6, 6.07) is 15.7. The number of carbonyl (C=O) groups excluding carboxylic acids is 1. The predicted molar refractivity (Wildman–Crippen MR) is 124 cm³/mol. The third-order valence-electron chi connectivity index (χ3n) is 3.99. The SMILES string of the molecule is O=C(N/N=C\c1ccc(OS(=O)(=O)c2ccc([N+](=O)[O-])cc2)c(Br)c1)c1ccccc1Br. The van der Waals surface area contributed by atoms with Gasteiger partial charge in [-0.2, -0.15) is 13.5 Å². The van der Waals surface area contributed by atoms with Crippen molar-refractivity contribution in [3.05, 3.63) is 96.9 Å². The van der Waals surface area contributed by atoms with Crippen LogP contribution in [0.25, 0.3) is 0 Å². The van der Waals surface area contributed by atoms with Crippen molar-refractivity contribution < 1.29 is 22.3 Å². The lowest BCUT2D eigenvalue weighted by Gasteiger charge is -2.09. The minimum atomic E-state index is -4.20. The summed E-state index contributed by atoms with van der Waals surface area (Å²) in [6.07, 6.45) is 1.38. The van der Waals surface area contributed by atoms with Gasteiger partial charge in [0.1, 0.15) is 4.90 Å². The summed E-state index contributed by atoms with van der Waals surface area (Å²) in [7, 11) is -4.20. The predicted octanol–water partition coefficient (Wildman–Crippen LogP) is 4.65. The maximum absolute atomic E-state index is 12.4. The van der Waals surface area contributed by atoms with Crippen LogP contribution in [0.2, 0.25) is 0 Å².